The highest BCUT2D eigenvalue weighted by atomic mass is 19.1. The molecule has 0 saturated heterocycles. The molecule has 1 aromatic rings. The third-order valence-corrected chi connectivity index (χ3v) is 2.47. The summed E-state index contributed by atoms with van der Waals surface area (Å²) in [5, 5.41) is 3.26. The molecule has 1 N–H and O–H groups in total. The fourth-order valence-corrected chi connectivity index (χ4v) is 1.70. The van der Waals surface area contributed by atoms with Gasteiger partial charge in [-0.1, -0.05) is 13.0 Å². The van der Waals surface area contributed by atoms with Crippen LogP contribution in [0.4, 0.5) is 4.39 Å². The standard InChI is InChI=1S/C13H19FN2/c1-3-5-6-9-12(15-4-2)13-11(14)8-7-10-16-13/h3,7-8,10,12,15H,1,4-6,9H2,2H3. The SMILES string of the molecule is C=CCCCC(NCC)c1ncccc1F. The van der Waals surface area contributed by atoms with Crippen molar-refractivity contribution in [2.45, 2.75) is 32.2 Å². The zero-order valence-electron chi connectivity index (χ0n) is 9.75. The molecule has 0 aliphatic heterocycles. The van der Waals surface area contributed by atoms with Gasteiger partial charge in [0.25, 0.3) is 0 Å². The molecule has 1 unspecified atom stereocenters. The fraction of sp³-hybridized carbons (Fsp3) is 0.462. The minimum atomic E-state index is -0.230. The Hall–Kier alpha value is -1.22. The molecule has 0 aliphatic rings. The maximum atomic E-state index is 13.5. The predicted molar refractivity (Wildman–Crippen MR) is 64.7 cm³/mol. The quantitative estimate of drug-likeness (QED) is 0.566. The summed E-state index contributed by atoms with van der Waals surface area (Å²) in [4.78, 5) is 4.11. The minimum Gasteiger partial charge on any atom is -0.309 e. The number of aromatic nitrogens is 1. The van der Waals surface area contributed by atoms with Crippen LogP contribution in [0.1, 0.15) is 37.9 Å². The van der Waals surface area contributed by atoms with Crippen LogP contribution in [-0.2, 0) is 0 Å². The molecule has 88 valence electrons. The Bertz CT molecular complexity index is 325. The van der Waals surface area contributed by atoms with Crippen LogP contribution < -0.4 is 5.32 Å². The molecule has 2 nitrogen and oxygen atoms in total. The van der Waals surface area contributed by atoms with Gasteiger partial charge in [-0.3, -0.25) is 4.98 Å². The van der Waals surface area contributed by atoms with E-state index in [1.54, 1.807) is 12.3 Å². The van der Waals surface area contributed by atoms with E-state index in [-0.39, 0.29) is 11.9 Å². The summed E-state index contributed by atoms with van der Waals surface area (Å²) in [6.45, 7) is 6.51. The van der Waals surface area contributed by atoms with Crippen molar-refractivity contribution < 1.29 is 4.39 Å². The van der Waals surface area contributed by atoms with E-state index in [1.807, 2.05) is 13.0 Å². The predicted octanol–water partition coefficient (Wildman–Crippen LogP) is 3.23. The number of nitrogens with zero attached hydrogens (tertiary/aromatic N) is 1. The second kappa shape index (κ2) is 7.12. The molecule has 0 bridgehead atoms. The molecule has 3 heteroatoms. The van der Waals surface area contributed by atoms with Crippen molar-refractivity contribution in [3.8, 4) is 0 Å². The molecule has 0 spiro atoms. The first-order chi connectivity index (χ1) is 7.79. The van der Waals surface area contributed by atoms with Gasteiger partial charge < -0.3 is 5.32 Å². The van der Waals surface area contributed by atoms with Gasteiger partial charge >= 0.3 is 0 Å². The van der Waals surface area contributed by atoms with Crippen molar-refractivity contribution in [1.82, 2.24) is 10.3 Å². The Balaban J connectivity index is 2.68. The normalized spacial score (nSPS) is 12.4. The van der Waals surface area contributed by atoms with Gasteiger partial charge in [0.1, 0.15) is 5.82 Å². The van der Waals surface area contributed by atoms with Crippen LogP contribution in [0.25, 0.3) is 0 Å². The van der Waals surface area contributed by atoms with Crippen LogP contribution in [-0.4, -0.2) is 11.5 Å². The number of halogens is 1. The third kappa shape index (κ3) is 3.74. The van der Waals surface area contributed by atoms with E-state index < -0.39 is 0 Å². The van der Waals surface area contributed by atoms with Gasteiger partial charge in [0.15, 0.2) is 0 Å². The lowest BCUT2D eigenvalue weighted by molar-refractivity contribution is 0.461. The lowest BCUT2D eigenvalue weighted by atomic mass is 10.1. The molecule has 16 heavy (non-hydrogen) atoms. The Morgan fingerprint density at radius 3 is 3.06 bits per heavy atom. The largest absolute Gasteiger partial charge is 0.309 e. The molecule has 0 aromatic carbocycles. The first-order valence-corrected chi connectivity index (χ1v) is 5.74. The highest BCUT2D eigenvalue weighted by Crippen LogP contribution is 2.19. The highest BCUT2D eigenvalue weighted by molar-refractivity contribution is 5.11. The number of pyridine rings is 1. The molecule has 0 radical (unpaired) electrons. The Kier molecular flexibility index (Phi) is 5.72. The molecular weight excluding hydrogens is 203 g/mol. The van der Waals surface area contributed by atoms with Crippen molar-refractivity contribution >= 4 is 0 Å². The Morgan fingerprint density at radius 1 is 1.62 bits per heavy atom. The summed E-state index contributed by atoms with van der Waals surface area (Å²) >= 11 is 0. The van der Waals surface area contributed by atoms with Gasteiger partial charge in [-0.2, -0.15) is 0 Å². The molecule has 1 heterocycles. The second-order valence-corrected chi connectivity index (χ2v) is 3.70. The average Bonchev–Trinajstić information content (AvgIpc) is 2.29. The molecule has 1 atom stereocenters. The number of nitrogens with one attached hydrogen (secondary N) is 1. The van der Waals surface area contributed by atoms with Gasteiger partial charge in [-0.15, -0.1) is 6.58 Å². The van der Waals surface area contributed by atoms with Gasteiger partial charge in [0.05, 0.1) is 11.7 Å². The van der Waals surface area contributed by atoms with Gasteiger partial charge in [0, 0.05) is 6.20 Å². The van der Waals surface area contributed by atoms with E-state index in [1.165, 1.54) is 6.07 Å². The zero-order chi connectivity index (χ0) is 11.8. The lowest BCUT2D eigenvalue weighted by Gasteiger charge is -2.17. The number of hydrogen-bond donors (Lipinski definition) is 1. The van der Waals surface area contributed by atoms with E-state index in [4.69, 9.17) is 0 Å². The number of allylic oxidation sites excluding steroid dienone is 1. The molecule has 1 aromatic heterocycles. The summed E-state index contributed by atoms with van der Waals surface area (Å²) in [7, 11) is 0. The zero-order valence-corrected chi connectivity index (χ0v) is 9.75. The summed E-state index contributed by atoms with van der Waals surface area (Å²) in [5.41, 5.74) is 0.522. The maximum Gasteiger partial charge on any atom is 0.146 e. The lowest BCUT2D eigenvalue weighted by Crippen LogP contribution is -2.22. The summed E-state index contributed by atoms with van der Waals surface area (Å²) in [6.07, 6.45) is 6.36. The van der Waals surface area contributed by atoms with Crippen LogP contribution in [0.2, 0.25) is 0 Å². The van der Waals surface area contributed by atoms with E-state index in [0.717, 1.165) is 25.8 Å². The van der Waals surface area contributed by atoms with Crippen LogP contribution in [0, 0.1) is 5.82 Å². The summed E-state index contributed by atoms with van der Waals surface area (Å²) in [5.74, 6) is -0.230. The van der Waals surface area contributed by atoms with Crippen molar-refractivity contribution in [2.24, 2.45) is 0 Å². The van der Waals surface area contributed by atoms with E-state index in [0.29, 0.717) is 5.69 Å². The molecular formula is C13H19FN2. The first-order valence-electron chi connectivity index (χ1n) is 5.74. The van der Waals surface area contributed by atoms with Gasteiger partial charge in [-0.05, 0) is 37.9 Å². The van der Waals surface area contributed by atoms with Crippen molar-refractivity contribution in [2.75, 3.05) is 6.54 Å². The summed E-state index contributed by atoms with van der Waals surface area (Å²) < 4.78 is 13.5. The molecule has 0 amide bonds. The minimum absolute atomic E-state index is 0.00569. The molecule has 0 saturated carbocycles. The van der Waals surface area contributed by atoms with E-state index in [2.05, 4.69) is 16.9 Å². The number of rotatable bonds is 7. The Morgan fingerprint density at radius 2 is 2.44 bits per heavy atom. The van der Waals surface area contributed by atoms with Crippen LogP contribution in [0.5, 0.6) is 0 Å². The van der Waals surface area contributed by atoms with Crippen LogP contribution >= 0.6 is 0 Å². The van der Waals surface area contributed by atoms with Crippen molar-refractivity contribution in [1.29, 1.82) is 0 Å². The topological polar surface area (TPSA) is 24.9 Å². The molecule has 0 fully saturated rings. The maximum absolute atomic E-state index is 13.5. The number of hydrogen-bond acceptors (Lipinski definition) is 2. The van der Waals surface area contributed by atoms with Crippen molar-refractivity contribution in [3.05, 3.63) is 42.5 Å². The smallest absolute Gasteiger partial charge is 0.146 e. The first kappa shape index (κ1) is 12.8. The van der Waals surface area contributed by atoms with Gasteiger partial charge in [0.2, 0.25) is 0 Å². The second-order valence-electron chi connectivity index (χ2n) is 3.70. The Labute approximate surface area is 96.6 Å². The van der Waals surface area contributed by atoms with Crippen molar-refractivity contribution in [3.63, 3.8) is 0 Å². The molecule has 1 rings (SSSR count). The molecule has 0 aliphatic carbocycles. The fourth-order valence-electron chi connectivity index (χ4n) is 1.70. The highest BCUT2D eigenvalue weighted by Gasteiger charge is 2.14. The van der Waals surface area contributed by atoms with E-state index in [9.17, 15) is 4.39 Å². The van der Waals surface area contributed by atoms with Gasteiger partial charge in [-0.25, -0.2) is 4.39 Å². The van der Waals surface area contributed by atoms with E-state index >= 15 is 0 Å². The summed E-state index contributed by atoms with van der Waals surface area (Å²) in [6, 6.07) is 3.08. The van der Waals surface area contributed by atoms with Crippen LogP contribution in [0.3, 0.4) is 0 Å². The van der Waals surface area contributed by atoms with Crippen LogP contribution in [0.15, 0.2) is 31.0 Å². The average molecular weight is 222 g/mol. The monoisotopic (exact) mass is 222 g/mol. The third-order valence-electron chi connectivity index (χ3n) is 2.47. The number of unbranched alkanes of at least 4 members (excludes halogenated alkanes) is 1.